The van der Waals surface area contributed by atoms with Gasteiger partial charge in [0.2, 0.25) is 0 Å². The first kappa shape index (κ1) is 18.1. The van der Waals surface area contributed by atoms with Gasteiger partial charge in [-0.15, -0.1) is 0 Å². The zero-order chi connectivity index (χ0) is 17.9. The van der Waals surface area contributed by atoms with Gasteiger partial charge in [-0.1, -0.05) is 41.6 Å². The van der Waals surface area contributed by atoms with Crippen LogP contribution in [0.25, 0.3) is 0 Å². The molecule has 4 aliphatic rings. The van der Waals surface area contributed by atoms with Crippen LogP contribution in [0.3, 0.4) is 0 Å². The van der Waals surface area contributed by atoms with Gasteiger partial charge in [0.05, 0.1) is 5.33 Å². The second-order valence-corrected chi connectivity index (χ2v) is 10.3. The standard InChI is InChI=1S/C22H31BrO2/c1-20-10-6-16(24)14-15(20)4-5-17-18(20)7-11-21(2)19(17)8-12-22(21,25)9-3-13-23/h15,17-19,25H,4-8,10-14H2,1-2H3/t15-,17+,18-,19-,20-,21-,22-/m0/s1. The molecule has 0 spiro atoms. The van der Waals surface area contributed by atoms with Crippen LogP contribution >= 0.6 is 15.9 Å². The number of aliphatic hydroxyl groups is 1. The minimum atomic E-state index is -0.809. The molecule has 0 unspecified atom stereocenters. The van der Waals surface area contributed by atoms with Crippen molar-refractivity contribution in [2.75, 3.05) is 5.33 Å². The molecule has 25 heavy (non-hydrogen) atoms. The van der Waals surface area contributed by atoms with E-state index in [4.69, 9.17) is 0 Å². The molecule has 0 aromatic carbocycles. The predicted octanol–water partition coefficient (Wildman–Crippen LogP) is 4.73. The maximum absolute atomic E-state index is 12.0. The Kier molecular flexibility index (Phi) is 4.40. The molecule has 4 saturated carbocycles. The molecule has 2 nitrogen and oxygen atoms in total. The Morgan fingerprint density at radius 1 is 1.12 bits per heavy atom. The molecule has 3 heteroatoms. The van der Waals surface area contributed by atoms with Crippen molar-refractivity contribution in [2.45, 2.75) is 77.2 Å². The summed E-state index contributed by atoms with van der Waals surface area (Å²) >= 11 is 3.38. The van der Waals surface area contributed by atoms with E-state index in [-0.39, 0.29) is 5.41 Å². The maximum Gasteiger partial charge on any atom is 0.133 e. The minimum Gasteiger partial charge on any atom is -0.377 e. The van der Waals surface area contributed by atoms with Crippen molar-refractivity contribution >= 4 is 21.7 Å². The zero-order valence-electron chi connectivity index (χ0n) is 15.6. The van der Waals surface area contributed by atoms with Crippen molar-refractivity contribution in [3.8, 4) is 11.8 Å². The van der Waals surface area contributed by atoms with Gasteiger partial charge in [-0.3, -0.25) is 4.79 Å². The number of hydrogen-bond donors (Lipinski definition) is 1. The molecule has 7 atom stereocenters. The third kappa shape index (κ3) is 2.50. The van der Waals surface area contributed by atoms with Crippen LogP contribution in [0.4, 0.5) is 0 Å². The van der Waals surface area contributed by atoms with E-state index in [0.717, 1.165) is 44.4 Å². The Hall–Kier alpha value is -0.330. The van der Waals surface area contributed by atoms with Gasteiger partial charge < -0.3 is 5.11 Å². The molecule has 0 saturated heterocycles. The van der Waals surface area contributed by atoms with Crippen molar-refractivity contribution in [3.05, 3.63) is 0 Å². The summed E-state index contributed by atoms with van der Waals surface area (Å²) < 4.78 is 0. The molecule has 0 amide bonds. The van der Waals surface area contributed by atoms with E-state index in [1.807, 2.05) is 0 Å². The number of halogens is 1. The lowest BCUT2D eigenvalue weighted by Gasteiger charge is -2.60. The molecule has 0 aromatic heterocycles. The summed E-state index contributed by atoms with van der Waals surface area (Å²) in [6, 6.07) is 0. The summed E-state index contributed by atoms with van der Waals surface area (Å²) in [5, 5.41) is 12.0. The fraction of sp³-hybridized carbons (Fsp3) is 0.864. The van der Waals surface area contributed by atoms with E-state index in [1.54, 1.807) is 0 Å². The monoisotopic (exact) mass is 406 g/mol. The summed E-state index contributed by atoms with van der Waals surface area (Å²) in [6.07, 6.45) is 9.40. The third-order valence-corrected chi connectivity index (χ3v) is 9.28. The van der Waals surface area contributed by atoms with Crippen LogP contribution in [0.5, 0.6) is 0 Å². The van der Waals surface area contributed by atoms with E-state index in [2.05, 4.69) is 41.6 Å². The second kappa shape index (κ2) is 6.10. The summed E-state index contributed by atoms with van der Waals surface area (Å²) in [7, 11) is 0. The molecule has 4 rings (SSSR count). The molecule has 1 N–H and O–H groups in total. The normalized spacial score (nSPS) is 51.8. The highest BCUT2D eigenvalue weighted by Gasteiger charge is 2.64. The molecule has 0 aliphatic heterocycles. The van der Waals surface area contributed by atoms with Crippen LogP contribution in [-0.4, -0.2) is 21.8 Å². The SMILES string of the molecule is C[C@]12CCC(=O)C[C@@H]1CC[C@@H]1[C@@H]2CC[C@@]2(C)[C@H]1CC[C@@]2(O)C#CCBr. The van der Waals surface area contributed by atoms with E-state index in [9.17, 15) is 9.90 Å². The van der Waals surface area contributed by atoms with Crippen LogP contribution in [0.15, 0.2) is 0 Å². The van der Waals surface area contributed by atoms with E-state index < -0.39 is 5.60 Å². The number of rotatable bonds is 0. The van der Waals surface area contributed by atoms with Gasteiger partial charge in [-0.2, -0.15) is 0 Å². The first-order valence-electron chi connectivity index (χ1n) is 10.1. The number of fused-ring (bicyclic) bond motifs is 5. The number of carbonyl (C=O) groups is 1. The Labute approximate surface area is 160 Å². The Morgan fingerprint density at radius 2 is 1.88 bits per heavy atom. The Balaban J connectivity index is 1.63. The van der Waals surface area contributed by atoms with Crippen molar-refractivity contribution < 1.29 is 9.90 Å². The zero-order valence-corrected chi connectivity index (χ0v) is 17.2. The third-order valence-electron chi connectivity index (χ3n) is 9.00. The molecular formula is C22H31BrO2. The van der Waals surface area contributed by atoms with E-state index >= 15 is 0 Å². The molecular weight excluding hydrogens is 376 g/mol. The molecule has 0 radical (unpaired) electrons. The van der Waals surface area contributed by atoms with Crippen LogP contribution in [0.1, 0.15) is 71.6 Å². The summed E-state index contributed by atoms with van der Waals surface area (Å²) in [5.41, 5.74) is -0.520. The fourth-order valence-electron chi connectivity index (χ4n) is 7.45. The summed E-state index contributed by atoms with van der Waals surface area (Å²) in [5.74, 6) is 9.47. The van der Waals surface area contributed by atoms with Gasteiger partial charge in [0, 0.05) is 18.3 Å². The lowest BCUT2D eigenvalue weighted by molar-refractivity contribution is -0.147. The average molecular weight is 407 g/mol. The first-order valence-corrected chi connectivity index (χ1v) is 11.3. The van der Waals surface area contributed by atoms with Crippen LogP contribution in [0.2, 0.25) is 0 Å². The second-order valence-electron chi connectivity index (χ2n) is 9.69. The first-order chi connectivity index (χ1) is 11.8. The quantitative estimate of drug-likeness (QED) is 0.466. The van der Waals surface area contributed by atoms with Gasteiger partial charge >= 0.3 is 0 Å². The summed E-state index contributed by atoms with van der Waals surface area (Å²) in [4.78, 5) is 12.0. The molecule has 4 aliphatic carbocycles. The van der Waals surface area contributed by atoms with Crippen LogP contribution in [-0.2, 0) is 4.79 Å². The van der Waals surface area contributed by atoms with E-state index in [0.29, 0.717) is 34.3 Å². The lowest BCUT2D eigenvalue weighted by atomic mass is 9.44. The van der Waals surface area contributed by atoms with E-state index in [1.165, 1.54) is 19.3 Å². The number of hydrogen-bond acceptors (Lipinski definition) is 2. The topological polar surface area (TPSA) is 37.3 Å². The molecule has 0 bridgehead atoms. The predicted molar refractivity (Wildman–Crippen MR) is 103 cm³/mol. The van der Waals surface area contributed by atoms with Gasteiger partial charge in [-0.25, -0.2) is 0 Å². The van der Waals surface area contributed by atoms with Gasteiger partial charge in [0.15, 0.2) is 0 Å². The summed E-state index contributed by atoms with van der Waals surface area (Å²) in [6.45, 7) is 4.79. The average Bonchev–Trinajstić information content (AvgIpc) is 2.85. The number of Topliss-reactive ketones (excluding diaryl/α,β-unsaturated/α-hetero) is 1. The van der Waals surface area contributed by atoms with Crippen molar-refractivity contribution in [2.24, 2.45) is 34.5 Å². The van der Waals surface area contributed by atoms with Crippen molar-refractivity contribution in [1.82, 2.24) is 0 Å². The fourth-order valence-corrected chi connectivity index (χ4v) is 7.59. The van der Waals surface area contributed by atoms with Gasteiger partial charge in [0.1, 0.15) is 11.4 Å². The van der Waals surface area contributed by atoms with Crippen molar-refractivity contribution in [3.63, 3.8) is 0 Å². The lowest BCUT2D eigenvalue weighted by Crippen LogP contribution is -2.56. The van der Waals surface area contributed by atoms with Crippen LogP contribution < -0.4 is 0 Å². The largest absolute Gasteiger partial charge is 0.377 e. The minimum absolute atomic E-state index is 0.0585. The highest BCUT2D eigenvalue weighted by Crippen LogP contribution is 2.67. The van der Waals surface area contributed by atoms with Gasteiger partial charge in [0.25, 0.3) is 0 Å². The Bertz CT molecular complexity index is 634. The number of alkyl halides is 1. The highest BCUT2D eigenvalue weighted by atomic mass is 79.9. The molecule has 0 aromatic rings. The number of ketones is 1. The molecule has 0 heterocycles. The van der Waals surface area contributed by atoms with Gasteiger partial charge in [-0.05, 0) is 74.0 Å². The number of carbonyl (C=O) groups excluding carboxylic acids is 1. The Morgan fingerprint density at radius 3 is 2.64 bits per heavy atom. The van der Waals surface area contributed by atoms with Crippen LogP contribution in [0, 0.1) is 46.3 Å². The maximum atomic E-state index is 12.0. The highest BCUT2D eigenvalue weighted by molar-refractivity contribution is 9.09. The molecule has 4 fully saturated rings. The molecule has 138 valence electrons. The van der Waals surface area contributed by atoms with Crippen molar-refractivity contribution in [1.29, 1.82) is 0 Å². The smallest absolute Gasteiger partial charge is 0.133 e.